The van der Waals surface area contributed by atoms with Gasteiger partial charge in [-0.3, -0.25) is 4.79 Å². The number of aromatic nitrogens is 1. The molecule has 2 aromatic heterocycles. The molecule has 0 saturated carbocycles. The van der Waals surface area contributed by atoms with E-state index in [1.165, 1.54) is 23.0 Å². The van der Waals surface area contributed by atoms with Crippen molar-refractivity contribution in [1.29, 1.82) is 0 Å². The number of carbonyl (C=O) groups excluding carboxylic acids is 2. The number of benzene rings is 3. The van der Waals surface area contributed by atoms with E-state index in [0.717, 1.165) is 32.2 Å². The number of nitrogens with zero attached hydrogens (tertiary/aromatic N) is 1. The molecular weight excluding hydrogens is 420 g/mol. The Labute approximate surface area is 188 Å². The van der Waals surface area contributed by atoms with Gasteiger partial charge >= 0.3 is 5.97 Å². The molecule has 0 unspecified atom stereocenters. The summed E-state index contributed by atoms with van der Waals surface area (Å²) >= 11 is 1.46. The number of carbonyl (C=O) groups is 2. The molecule has 5 aromatic rings. The van der Waals surface area contributed by atoms with Crippen molar-refractivity contribution in [2.45, 2.75) is 13.5 Å². The van der Waals surface area contributed by atoms with Gasteiger partial charge < -0.3 is 10.6 Å². The van der Waals surface area contributed by atoms with Crippen LogP contribution in [0.1, 0.15) is 27.7 Å². The van der Waals surface area contributed by atoms with E-state index in [4.69, 9.17) is 10.6 Å². The van der Waals surface area contributed by atoms with Gasteiger partial charge in [-0.05, 0) is 46.3 Å². The molecule has 0 aliphatic rings. The maximum absolute atomic E-state index is 13.5. The minimum absolute atomic E-state index is 0.0993. The molecule has 32 heavy (non-hydrogen) atoms. The van der Waals surface area contributed by atoms with Gasteiger partial charge in [0.15, 0.2) is 0 Å². The molecule has 0 atom stereocenters. The van der Waals surface area contributed by atoms with E-state index in [2.05, 4.69) is 0 Å². The molecule has 0 radical (unpaired) electrons. The van der Waals surface area contributed by atoms with Crippen molar-refractivity contribution in [3.63, 3.8) is 0 Å². The molecule has 3 aromatic carbocycles. The van der Waals surface area contributed by atoms with E-state index in [9.17, 15) is 9.59 Å². The Morgan fingerprint density at radius 3 is 2.44 bits per heavy atom. The fraction of sp³-hybridized carbons (Fsp3) is 0.0769. The van der Waals surface area contributed by atoms with Crippen molar-refractivity contribution in [3.05, 3.63) is 95.0 Å². The lowest BCUT2D eigenvalue weighted by Crippen LogP contribution is -2.15. The summed E-state index contributed by atoms with van der Waals surface area (Å²) in [5, 5.41) is 1.76. The number of nitrogens with two attached hydrogens (primary N) is 1. The average molecular weight is 441 g/mol. The predicted octanol–water partition coefficient (Wildman–Crippen LogP) is 5.19. The monoisotopic (exact) mass is 440 g/mol. The fourth-order valence-electron chi connectivity index (χ4n) is 3.83. The molecule has 2 heterocycles. The minimum atomic E-state index is -0.454. The summed E-state index contributed by atoms with van der Waals surface area (Å²) in [6.07, 6.45) is 1.60. The van der Waals surface area contributed by atoms with Crippen molar-refractivity contribution in [2.24, 2.45) is 5.73 Å². The first-order valence-electron chi connectivity index (χ1n) is 10.2. The Morgan fingerprint density at radius 2 is 1.72 bits per heavy atom. The zero-order valence-corrected chi connectivity index (χ0v) is 18.2. The lowest BCUT2D eigenvalue weighted by Gasteiger charge is -2.06. The summed E-state index contributed by atoms with van der Waals surface area (Å²) in [5.74, 6) is -0.554. The van der Waals surface area contributed by atoms with Gasteiger partial charge in [0.25, 0.3) is 0 Å². The molecule has 0 aliphatic carbocycles. The van der Waals surface area contributed by atoms with Gasteiger partial charge in [0.05, 0.1) is 22.2 Å². The second-order valence-electron chi connectivity index (χ2n) is 7.56. The standard InChI is InChI=1S/C26H20N2O3S/c1-16(29)31-28-15-22(26(30)25-13-20-4-2-3-5-24(20)32-25)21-12-19(10-11-23(21)28)18-8-6-17(14-27)7-9-18/h2-13,15H,14,27H2,1H3. The van der Waals surface area contributed by atoms with Crippen LogP contribution in [0.3, 0.4) is 0 Å². The molecule has 158 valence electrons. The van der Waals surface area contributed by atoms with E-state index in [1.807, 2.05) is 72.8 Å². The largest absolute Gasteiger partial charge is 0.337 e. The molecule has 0 saturated heterocycles. The highest BCUT2D eigenvalue weighted by Crippen LogP contribution is 2.32. The van der Waals surface area contributed by atoms with Crippen LogP contribution in [0.4, 0.5) is 0 Å². The Balaban J connectivity index is 1.65. The van der Waals surface area contributed by atoms with Gasteiger partial charge in [0, 0.05) is 23.6 Å². The number of hydrogen-bond acceptors (Lipinski definition) is 5. The number of rotatable bonds is 5. The van der Waals surface area contributed by atoms with Gasteiger partial charge in [-0.25, -0.2) is 4.79 Å². The third-order valence-corrected chi connectivity index (χ3v) is 6.53. The molecule has 5 nitrogen and oxygen atoms in total. The van der Waals surface area contributed by atoms with Crippen LogP contribution in [-0.2, 0) is 11.3 Å². The third kappa shape index (κ3) is 3.60. The highest BCUT2D eigenvalue weighted by atomic mass is 32.1. The second-order valence-corrected chi connectivity index (χ2v) is 8.65. The zero-order chi connectivity index (χ0) is 22.2. The molecule has 0 amide bonds. The Kier molecular flexibility index (Phi) is 5.09. The molecule has 0 spiro atoms. The van der Waals surface area contributed by atoms with Gasteiger partial charge in [0.1, 0.15) is 0 Å². The van der Waals surface area contributed by atoms with E-state index < -0.39 is 5.97 Å². The maximum Gasteiger partial charge on any atom is 0.329 e. The molecule has 2 N–H and O–H groups in total. The van der Waals surface area contributed by atoms with E-state index in [1.54, 1.807) is 6.20 Å². The van der Waals surface area contributed by atoms with Crippen molar-refractivity contribution in [1.82, 2.24) is 4.73 Å². The number of hydrogen-bond donors (Lipinski definition) is 1. The Morgan fingerprint density at radius 1 is 0.969 bits per heavy atom. The van der Waals surface area contributed by atoms with Gasteiger partial charge in [-0.15, -0.1) is 11.3 Å². The number of thiophene rings is 1. The van der Waals surface area contributed by atoms with Crippen molar-refractivity contribution in [2.75, 3.05) is 0 Å². The smallest absolute Gasteiger partial charge is 0.329 e. The average Bonchev–Trinajstić information content (AvgIpc) is 3.40. The summed E-state index contributed by atoms with van der Waals surface area (Å²) in [7, 11) is 0. The van der Waals surface area contributed by atoms with Crippen LogP contribution in [0, 0.1) is 0 Å². The first-order valence-corrected chi connectivity index (χ1v) is 11.0. The maximum atomic E-state index is 13.5. The Bertz CT molecular complexity index is 1450. The topological polar surface area (TPSA) is 74.3 Å². The van der Waals surface area contributed by atoms with Crippen molar-refractivity contribution in [3.8, 4) is 11.1 Å². The SMILES string of the molecule is CC(=O)On1cc(C(=O)c2cc3ccccc3s2)c2cc(-c3ccc(CN)cc3)ccc21. The van der Waals surface area contributed by atoms with Crippen LogP contribution in [0.5, 0.6) is 0 Å². The first-order chi connectivity index (χ1) is 15.5. The summed E-state index contributed by atoms with van der Waals surface area (Å²) in [6.45, 7) is 1.82. The quantitative estimate of drug-likeness (QED) is 0.382. The molecule has 0 aliphatic heterocycles. The molecular formula is C26H20N2O3S. The van der Waals surface area contributed by atoms with E-state index in [0.29, 0.717) is 22.5 Å². The lowest BCUT2D eigenvalue weighted by atomic mass is 10.00. The van der Waals surface area contributed by atoms with Crippen LogP contribution in [-0.4, -0.2) is 16.5 Å². The highest BCUT2D eigenvalue weighted by molar-refractivity contribution is 7.21. The van der Waals surface area contributed by atoms with Crippen molar-refractivity contribution >= 4 is 44.1 Å². The van der Waals surface area contributed by atoms with Gasteiger partial charge in [-0.1, -0.05) is 48.5 Å². The van der Waals surface area contributed by atoms with Crippen LogP contribution in [0.25, 0.3) is 32.1 Å². The van der Waals surface area contributed by atoms with E-state index >= 15 is 0 Å². The predicted molar refractivity (Wildman–Crippen MR) is 128 cm³/mol. The zero-order valence-electron chi connectivity index (χ0n) is 17.4. The Hall–Kier alpha value is -3.74. The van der Waals surface area contributed by atoms with Crippen LogP contribution in [0.15, 0.2) is 79.0 Å². The fourth-order valence-corrected chi connectivity index (χ4v) is 4.85. The molecule has 6 heteroatoms. The normalized spacial score (nSPS) is 11.2. The summed E-state index contributed by atoms with van der Waals surface area (Å²) in [6, 6.07) is 23.6. The minimum Gasteiger partial charge on any atom is -0.337 e. The summed E-state index contributed by atoms with van der Waals surface area (Å²) < 4.78 is 2.43. The van der Waals surface area contributed by atoms with Crippen LogP contribution < -0.4 is 10.6 Å². The van der Waals surface area contributed by atoms with Gasteiger partial charge in [-0.2, -0.15) is 4.73 Å². The molecule has 0 fully saturated rings. The highest BCUT2D eigenvalue weighted by Gasteiger charge is 2.20. The van der Waals surface area contributed by atoms with E-state index in [-0.39, 0.29) is 5.78 Å². The lowest BCUT2D eigenvalue weighted by molar-refractivity contribution is -0.140. The van der Waals surface area contributed by atoms with Crippen LogP contribution >= 0.6 is 11.3 Å². The molecule has 5 rings (SSSR count). The summed E-state index contributed by atoms with van der Waals surface area (Å²) in [4.78, 5) is 31.1. The van der Waals surface area contributed by atoms with Gasteiger partial charge in [0.2, 0.25) is 5.78 Å². The second kappa shape index (κ2) is 8.07. The third-order valence-electron chi connectivity index (χ3n) is 5.41. The first kappa shape index (κ1) is 20.2. The number of ketones is 1. The summed E-state index contributed by atoms with van der Waals surface area (Å²) in [5.41, 5.74) is 9.90. The van der Waals surface area contributed by atoms with Crippen molar-refractivity contribution < 1.29 is 14.4 Å². The molecule has 0 bridgehead atoms. The number of fused-ring (bicyclic) bond motifs is 2. The van der Waals surface area contributed by atoms with Crippen LogP contribution in [0.2, 0.25) is 0 Å².